The van der Waals surface area contributed by atoms with Crippen molar-refractivity contribution in [3.8, 4) is 0 Å². The van der Waals surface area contributed by atoms with Gasteiger partial charge in [0.25, 0.3) is 0 Å². The van der Waals surface area contributed by atoms with Crippen molar-refractivity contribution in [3.63, 3.8) is 0 Å². The molecule has 0 spiro atoms. The zero-order valence-corrected chi connectivity index (χ0v) is 10.2. The lowest BCUT2D eigenvalue weighted by molar-refractivity contribution is 0.536. The molecule has 0 radical (unpaired) electrons. The maximum atomic E-state index is 5.76. The van der Waals surface area contributed by atoms with E-state index >= 15 is 0 Å². The molecular weight excluding hydrogens is 204 g/mol. The van der Waals surface area contributed by atoms with Crippen LogP contribution in [-0.2, 0) is 5.41 Å². The van der Waals surface area contributed by atoms with E-state index in [1.165, 1.54) is 10.3 Å². The number of benzene rings is 1. The third-order valence-electron chi connectivity index (χ3n) is 2.63. The van der Waals surface area contributed by atoms with Crippen molar-refractivity contribution in [3.05, 3.63) is 28.8 Å². The van der Waals surface area contributed by atoms with Crippen LogP contribution in [0, 0.1) is 6.92 Å². The fourth-order valence-electron chi connectivity index (χ4n) is 1.41. The summed E-state index contributed by atoms with van der Waals surface area (Å²) in [6.07, 6.45) is 0. The van der Waals surface area contributed by atoms with Crippen LogP contribution in [0.15, 0.2) is 18.2 Å². The van der Waals surface area contributed by atoms with Gasteiger partial charge in [-0.1, -0.05) is 19.9 Å². The number of hydrogen-bond acceptors (Lipinski definition) is 3. The summed E-state index contributed by atoms with van der Waals surface area (Å²) >= 11 is 1.75. The van der Waals surface area contributed by atoms with E-state index in [0.29, 0.717) is 6.54 Å². The molecule has 1 aromatic carbocycles. The Balaban J connectivity index is 2.56. The minimum atomic E-state index is -0.0163. The number of fused-ring (bicyclic) bond motifs is 1. The van der Waals surface area contributed by atoms with Crippen molar-refractivity contribution in [2.75, 3.05) is 6.54 Å². The van der Waals surface area contributed by atoms with E-state index in [9.17, 15) is 0 Å². The normalized spacial score (nSPS) is 12.3. The highest BCUT2D eigenvalue weighted by Gasteiger charge is 2.22. The first kappa shape index (κ1) is 10.6. The molecule has 1 heterocycles. The topological polar surface area (TPSA) is 38.9 Å². The van der Waals surface area contributed by atoms with Gasteiger partial charge in [0, 0.05) is 12.0 Å². The van der Waals surface area contributed by atoms with Gasteiger partial charge >= 0.3 is 0 Å². The Morgan fingerprint density at radius 1 is 1.40 bits per heavy atom. The zero-order chi connectivity index (χ0) is 11.1. The third-order valence-corrected chi connectivity index (χ3v) is 4.02. The molecule has 0 saturated heterocycles. The van der Waals surface area contributed by atoms with Gasteiger partial charge < -0.3 is 5.73 Å². The van der Waals surface area contributed by atoms with Gasteiger partial charge in [0.1, 0.15) is 5.01 Å². The second kappa shape index (κ2) is 3.58. The summed E-state index contributed by atoms with van der Waals surface area (Å²) < 4.78 is 1.26. The van der Waals surface area contributed by atoms with Crippen LogP contribution in [0.4, 0.5) is 0 Å². The van der Waals surface area contributed by atoms with Gasteiger partial charge in [-0.2, -0.15) is 0 Å². The number of aryl methyl sites for hydroxylation is 1. The molecule has 0 unspecified atom stereocenters. The summed E-state index contributed by atoms with van der Waals surface area (Å²) in [5.41, 5.74) is 8.11. The van der Waals surface area contributed by atoms with Gasteiger partial charge in [-0.05, 0) is 24.6 Å². The molecule has 0 saturated carbocycles. The molecule has 0 aliphatic carbocycles. The molecule has 2 rings (SSSR count). The fraction of sp³-hybridized carbons (Fsp3) is 0.417. The number of aromatic nitrogens is 1. The van der Waals surface area contributed by atoms with Crippen LogP contribution in [0.1, 0.15) is 24.4 Å². The van der Waals surface area contributed by atoms with Crippen molar-refractivity contribution in [2.24, 2.45) is 5.73 Å². The van der Waals surface area contributed by atoms with Crippen LogP contribution in [0.2, 0.25) is 0 Å². The van der Waals surface area contributed by atoms with E-state index in [2.05, 4.69) is 44.0 Å². The summed E-state index contributed by atoms with van der Waals surface area (Å²) in [4.78, 5) is 4.63. The standard InChI is InChI=1S/C12H16N2S/c1-8-4-5-9-10(6-8)15-11(14-9)12(2,3)7-13/h4-6H,7,13H2,1-3H3. The summed E-state index contributed by atoms with van der Waals surface area (Å²) in [5.74, 6) is 0. The average molecular weight is 220 g/mol. The molecule has 15 heavy (non-hydrogen) atoms. The molecule has 2 nitrogen and oxygen atoms in total. The van der Waals surface area contributed by atoms with E-state index < -0.39 is 0 Å². The van der Waals surface area contributed by atoms with Crippen molar-refractivity contribution < 1.29 is 0 Å². The summed E-state index contributed by atoms with van der Waals surface area (Å²) in [6.45, 7) is 7.01. The molecule has 2 aromatic rings. The van der Waals surface area contributed by atoms with Crippen LogP contribution in [0.3, 0.4) is 0 Å². The Labute approximate surface area is 94.1 Å². The average Bonchev–Trinajstić information content (AvgIpc) is 2.61. The molecule has 1 aromatic heterocycles. The van der Waals surface area contributed by atoms with Gasteiger partial charge in [0.2, 0.25) is 0 Å². The van der Waals surface area contributed by atoms with E-state index in [1.807, 2.05) is 0 Å². The van der Waals surface area contributed by atoms with Crippen LogP contribution in [0.25, 0.3) is 10.2 Å². The van der Waals surface area contributed by atoms with Gasteiger partial charge in [-0.15, -0.1) is 11.3 Å². The number of hydrogen-bond donors (Lipinski definition) is 1. The summed E-state index contributed by atoms with van der Waals surface area (Å²) in [5, 5.41) is 1.13. The second-order valence-electron chi connectivity index (χ2n) is 4.58. The lowest BCUT2D eigenvalue weighted by Gasteiger charge is -2.18. The smallest absolute Gasteiger partial charge is 0.101 e. The van der Waals surface area contributed by atoms with Crippen molar-refractivity contribution >= 4 is 21.6 Å². The van der Waals surface area contributed by atoms with Crippen LogP contribution in [0.5, 0.6) is 0 Å². The van der Waals surface area contributed by atoms with Crippen molar-refractivity contribution in [1.29, 1.82) is 0 Å². The first-order valence-electron chi connectivity index (χ1n) is 5.11. The molecule has 0 aliphatic rings. The number of nitrogens with zero attached hydrogens (tertiary/aromatic N) is 1. The van der Waals surface area contributed by atoms with Crippen LogP contribution >= 0.6 is 11.3 Å². The molecule has 0 aliphatic heterocycles. The minimum Gasteiger partial charge on any atom is -0.330 e. The van der Waals surface area contributed by atoms with Crippen molar-refractivity contribution in [1.82, 2.24) is 4.98 Å². The SMILES string of the molecule is Cc1ccc2nc(C(C)(C)CN)sc2c1. The van der Waals surface area contributed by atoms with E-state index in [-0.39, 0.29) is 5.41 Å². The fourth-order valence-corrected chi connectivity index (χ4v) is 2.58. The van der Waals surface area contributed by atoms with Gasteiger partial charge in [0.15, 0.2) is 0 Å². The Morgan fingerprint density at radius 2 is 2.13 bits per heavy atom. The number of thiazole rings is 1. The second-order valence-corrected chi connectivity index (χ2v) is 5.61. The highest BCUT2D eigenvalue weighted by molar-refractivity contribution is 7.18. The Bertz CT molecular complexity index is 485. The zero-order valence-electron chi connectivity index (χ0n) is 9.37. The summed E-state index contributed by atoms with van der Waals surface area (Å²) in [7, 11) is 0. The highest BCUT2D eigenvalue weighted by atomic mass is 32.1. The molecule has 0 fully saturated rings. The lowest BCUT2D eigenvalue weighted by atomic mass is 9.95. The maximum Gasteiger partial charge on any atom is 0.101 e. The van der Waals surface area contributed by atoms with E-state index in [1.54, 1.807) is 11.3 Å². The molecular formula is C12H16N2S. The Hall–Kier alpha value is -0.930. The first-order chi connectivity index (χ1) is 7.03. The van der Waals surface area contributed by atoms with Crippen LogP contribution in [-0.4, -0.2) is 11.5 Å². The Kier molecular flexibility index (Phi) is 2.52. The highest BCUT2D eigenvalue weighted by Crippen LogP contribution is 2.31. The summed E-state index contributed by atoms with van der Waals surface area (Å²) in [6, 6.07) is 6.36. The van der Waals surface area contributed by atoms with E-state index in [0.717, 1.165) is 10.5 Å². The van der Waals surface area contributed by atoms with Crippen LogP contribution < -0.4 is 5.73 Å². The van der Waals surface area contributed by atoms with Crippen molar-refractivity contribution in [2.45, 2.75) is 26.2 Å². The molecule has 0 amide bonds. The minimum absolute atomic E-state index is 0.0163. The maximum absolute atomic E-state index is 5.76. The van der Waals surface area contributed by atoms with Gasteiger partial charge in [0.05, 0.1) is 10.2 Å². The molecule has 3 heteroatoms. The molecule has 0 atom stereocenters. The largest absolute Gasteiger partial charge is 0.330 e. The molecule has 2 N–H and O–H groups in total. The first-order valence-corrected chi connectivity index (χ1v) is 5.92. The third kappa shape index (κ3) is 1.90. The number of nitrogens with two attached hydrogens (primary N) is 1. The lowest BCUT2D eigenvalue weighted by Crippen LogP contribution is -2.27. The monoisotopic (exact) mass is 220 g/mol. The molecule has 80 valence electrons. The predicted octanol–water partition coefficient (Wildman–Crippen LogP) is 2.84. The quantitative estimate of drug-likeness (QED) is 0.845. The van der Waals surface area contributed by atoms with Gasteiger partial charge in [-0.3, -0.25) is 0 Å². The Morgan fingerprint density at radius 3 is 2.80 bits per heavy atom. The van der Waals surface area contributed by atoms with Gasteiger partial charge in [-0.25, -0.2) is 4.98 Å². The van der Waals surface area contributed by atoms with E-state index in [4.69, 9.17) is 5.73 Å². The predicted molar refractivity (Wildman–Crippen MR) is 66.4 cm³/mol. The number of rotatable bonds is 2. The molecule has 0 bridgehead atoms.